The molecule has 2 aromatic rings. The number of halogens is 1. The summed E-state index contributed by atoms with van der Waals surface area (Å²) in [7, 11) is 0. The van der Waals surface area contributed by atoms with Crippen LogP contribution in [-0.2, 0) is 6.42 Å². The summed E-state index contributed by atoms with van der Waals surface area (Å²) in [5.74, 6) is -0.581. The van der Waals surface area contributed by atoms with Gasteiger partial charge < -0.3 is 10.4 Å². The van der Waals surface area contributed by atoms with Crippen molar-refractivity contribution >= 4 is 11.8 Å². The number of fused-ring (bicyclic) bond motifs is 1. The van der Waals surface area contributed by atoms with E-state index in [1.165, 1.54) is 6.07 Å². The molecule has 4 rings (SSSR count). The largest absolute Gasteiger partial charge is 0.391 e. The van der Waals surface area contributed by atoms with E-state index in [4.69, 9.17) is 0 Å². The number of nitrogens with one attached hydrogen (secondary N) is 1. The van der Waals surface area contributed by atoms with Crippen molar-refractivity contribution < 1.29 is 9.50 Å². The van der Waals surface area contributed by atoms with Crippen molar-refractivity contribution in [2.45, 2.75) is 58.6 Å². The summed E-state index contributed by atoms with van der Waals surface area (Å²) in [6, 6.07) is 4.92. The number of aliphatic hydroxyl groups is 1. The number of anilines is 1. The summed E-state index contributed by atoms with van der Waals surface area (Å²) in [5.41, 5.74) is 3.98. The van der Waals surface area contributed by atoms with E-state index in [0.29, 0.717) is 11.4 Å². The van der Waals surface area contributed by atoms with Crippen molar-refractivity contribution in [1.29, 1.82) is 5.26 Å². The Morgan fingerprint density at radius 3 is 2.82 bits per heavy atom. The van der Waals surface area contributed by atoms with Crippen LogP contribution in [-0.4, -0.2) is 27.0 Å². The highest BCUT2D eigenvalue weighted by molar-refractivity contribution is 5.65. The summed E-state index contributed by atoms with van der Waals surface area (Å²) in [6.07, 6.45) is 7.02. The second-order valence-electron chi connectivity index (χ2n) is 8.57. The van der Waals surface area contributed by atoms with Crippen molar-refractivity contribution in [3.63, 3.8) is 0 Å². The molecule has 28 heavy (non-hydrogen) atoms. The predicted octanol–water partition coefficient (Wildman–Crippen LogP) is 4.11. The fourth-order valence-corrected chi connectivity index (χ4v) is 4.24. The number of benzene rings is 1. The second kappa shape index (κ2) is 6.75. The summed E-state index contributed by atoms with van der Waals surface area (Å²) >= 11 is 0. The molecule has 1 fully saturated rings. The van der Waals surface area contributed by atoms with Crippen LogP contribution in [0.4, 0.5) is 10.1 Å². The number of allylic oxidation sites excluding steroid dienone is 1. The highest BCUT2D eigenvalue weighted by Gasteiger charge is 2.29. The molecule has 0 radical (unpaired) electrons. The topological polar surface area (TPSA) is 73.9 Å². The lowest BCUT2D eigenvalue weighted by Crippen LogP contribution is -2.28. The molecule has 0 aliphatic heterocycles. The number of hydrogen-bond donors (Lipinski definition) is 2. The second-order valence-corrected chi connectivity index (χ2v) is 8.57. The van der Waals surface area contributed by atoms with Crippen LogP contribution < -0.4 is 5.32 Å². The molecule has 146 valence electrons. The Kier molecular flexibility index (Phi) is 4.51. The van der Waals surface area contributed by atoms with Gasteiger partial charge in [0.2, 0.25) is 0 Å². The van der Waals surface area contributed by atoms with E-state index in [0.717, 1.165) is 42.6 Å². The maximum Gasteiger partial charge on any atom is 0.145 e. The third-order valence-electron chi connectivity index (χ3n) is 5.78. The lowest BCUT2D eigenvalue weighted by atomic mass is 9.82. The van der Waals surface area contributed by atoms with Gasteiger partial charge in [-0.05, 0) is 44.1 Å². The van der Waals surface area contributed by atoms with Crippen LogP contribution in [0, 0.1) is 29.5 Å². The molecule has 0 spiro atoms. The Morgan fingerprint density at radius 2 is 2.14 bits per heavy atom. The molecular weight excluding hydrogens is 355 g/mol. The molecule has 0 amide bonds. The van der Waals surface area contributed by atoms with E-state index in [9.17, 15) is 14.8 Å². The van der Waals surface area contributed by atoms with Gasteiger partial charge >= 0.3 is 0 Å². The van der Waals surface area contributed by atoms with Gasteiger partial charge in [0.1, 0.15) is 17.4 Å². The van der Waals surface area contributed by atoms with Gasteiger partial charge in [-0.2, -0.15) is 10.4 Å². The van der Waals surface area contributed by atoms with Crippen molar-refractivity contribution in [3.8, 4) is 11.8 Å². The molecular formula is C22H25FN4O. The number of aromatic nitrogens is 2. The van der Waals surface area contributed by atoms with E-state index >= 15 is 0 Å². The SMILES string of the molecule is Cc1nn(-c2cc(F)c(C#N)c(N[C@H]3CCC[C@@H]3O)c2)c2c1C=CC(C)(C)C2. The summed E-state index contributed by atoms with van der Waals surface area (Å²) in [6.45, 7) is 6.27. The van der Waals surface area contributed by atoms with E-state index in [1.54, 1.807) is 10.7 Å². The van der Waals surface area contributed by atoms with Crippen molar-refractivity contribution in [1.82, 2.24) is 9.78 Å². The van der Waals surface area contributed by atoms with Crippen LogP contribution >= 0.6 is 0 Å². The van der Waals surface area contributed by atoms with Gasteiger partial charge in [0.05, 0.1) is 34.9 Å². The zero-order valence-electron chi connectivity index (χ0n) is 16.5. The first-order valence-electron chi connectivity index (χ1n) is 9.75. The maximum absolute atomic E-state index is 14.8. The third-order valence-corrected chi connectivity index (χ3v) is 5.78. The first-order chi connectivity index (χ1) is 13.3. The van der Waals surface area contributed by atoms with E-state index in [1.807, 2.05) is 13.0 Å². The fraction of sp³-hybridized carbons (Fsp3) is 0.455. The van der Waals surface area contributed by atoms with Crippen molar-refractivity contribution in [2.24, 2.45) is 5.41 Å². The zero-order valence-corrected chi connectivity index (χ0v) is 16.5. The Hall–Kier alpha value is -2.65. The van der Waals surface area contributed by atoms with Crippen LogP contribution in [0.5, 0.6) is 0 Å². The quantitative estimate of drug-likeness (QED) is 0.840. The third kappa shape index (κ3) is 3.20. The van der Waals surface area contributed by atoms with E-state index < -0.39 is 11.9 Å². The molecule has 1 saturated carbocycles. The number of nitrogens with zero attached hydrogens (tertiary/aromatic N) is 3. The number of aliphatic hydroxyl groups excluding tert-OH is 1. The highest BCUT2D eigenvalue weighted by atomic mass is 19.1. The van der Waals surface area contributed by atoms with Crippen molar-refractivity contribution in [2.75, 3.05) is 5.32 Å². The fourth-order valence-electron chi connectivity index (χ4n) is 4.24. The average Bonchev–Trinajstić information content (AvgIpc) is 3.17. The lowest BCUT2D eigenvalue weighted by Gasteiger charge is -2.25. The van der Waals surface area contributed by atoms with Gasteiger partial charge in [-0.15, -0.1) is 0 Å². The predicted molar refractivity (Wildman–Crippen MR) is 107 cm³/mol. The molecule has 2 N–H and O–H groups in total. The average molecular weight is 380 g/mol. The van der Waals surface area contributed by atoms with Gasteiger partial charge in [-0.3, -0.25) is 0 Å². The Labute approximate surface area is 164 Å². The highest BCUT2D eigenvalue weighted by Crippen LogP contribution is 2.35. The minimum atomic E-state index is -0.581. The van der Waals surface area contributed by atoms with E-state index in [-0.39, 0.29) is 17.0 Å². The molecule has 6 heteroatoms. The summed E-state index contributed by atoms with van der Waals surface area (Å²) in [4.78, 5) is 0. The van der Waals surface area contributed by atoms with Crippen molar-refractivity contribution in [3.05, 3.63) is 46.5 Å². The number of hydrogen-bond acceptors (Lipinski definition) is 4. The summed E-state index contributed by atoms with van der Waals surface area (Å²) < 4.78 is 16.6. The molecule has 5 nitrogen and oxygen atoms in total. The maximum atomic E-state index is 14.8. The Bertz CT molecular complexity index is 999. The molecule has 1 aromatic carbocycles. The molecule has 0 bridgehead atoms. The molecule has 1 heterocycles. The molecule has 2 aliphatic carbocycles. The van der Waals surface area contributed by atoms with Crippen LogP contribution in [0.15, 0.2) is 18.2 Å². The molecule has 0 saturated heterocycles. The first kappa shape index (κ1) is 18.7. The van der Waals surface area contributed by atoms with Crippen LogP contribution in [0.2, 0.25) is 0 Å². The standard InChI is InChI=1S/C22H25FN4O/c1-13-15-7-8-22(2,3)11-20(15)27(26-13)14-9-17(23)16(12-24)19(10-14)25-18-5-4-6-21(18)28/h7-10,18,21,25,28H,4-6,11H2,1-3H3/t18-,21-/m0/s1. The Balaban J connectivity index is 1.80. The minimum Gasteiger partial charge on any atom is -0.391 e. The summed E-state index contributed by atoms with van der Waals surface area (Å²) in [5, 5.41) is 27.4. The van der Waals surface area contributed by atoms with Gasteiger partial charge in [-0.1, -0.05) is 26.0 Å². The Morgan fingerprint density at radius 1 is 1.36 bits per heavy atom. The number of rotatable bonds is 3. The van der Waals surface area contributed by atoms with Gasteiger partial charge in [0.15, 0.2) is 0 Å². The molecule has 2 atom stereocenters. The number of nitriles is 1. The van der Waals surface area contributed by atoms with Crippen LogP contribution in [0.3, 0.4) is 0 Å². The van der Waals surface area contributed by atoms with Crippen LogP contribution in [0.1, 0.15) is 55.6 Å². The first-order valence-corrected chi connectivity index (χ1v) is 9.75. The van der Waals surface area contributed by atoms with E-state index in [2.05, 4.69) is 36.4 Å². The monoisotopic (exact) mass is 380 g/mol. The number of aryl methyl sites for hydroxylation is 1. The zero-order chi connectivity index (χ0) is 20.1. The molecule has 0 unspecified atom stereocenters. The van der Waals surface area contributed by atoms with Gasteiger partial charge in [0, 0.05) is 11.6 Å². The normalized spacial score (nSPS) is 22.7. The van der Waals surface area contributed by atoms with Gasteiger partial charge in [-0.25, -0.2) is 9.07 Å². The minimum absolute atomic E-state index is 0.00258. The lowest BCUT2D eigenvalue weighted by molar-refractivity contribution is 0.172. The van der Waals surface area contributed by atoms with Gasteiger partial charge in [0.25, 0.3) is 0 Å². The molecule has 1 aromatic heterocycles. The molecule has 2 aliphatic rings. The van der Waals surface area contributed by atoms with Crippen LogP contribution in [0.25, 0.3) is 11.8 Å². The smallest absolute Gasteiger partial charge is 0.145 e.